The highest BCUT2D eigenvalue weighted by molar-refractivity contribution is 6.31. The van der Waals surface area contributed by atoms with Crippen molar-refractivity contribution in [1.82, 2.24) is 15.4 Å². The van der Waals surface area contributed by atoms with Crippen molar-refractivity contribution in [2.24, 2.45) is 0 Å². The minimum Gasteiger partial charge on any atom is -0.414 e. The summed E-state index contributed by atoms with van der Waals surface area (Å²) < 4.78 is 10.8. The normalized spacial score (nSPS) is 10.8. The number of halogens is 1. The van der Waals surface area contributed by atoms with Crippen molar-refractivity contribution in [3.63, 3.8) is 0 Å². The smallest absolute Gasteiger partial charge is 0.282 e. The average molecular weight is 369 g/mol. The maximum absolute atomic E-state index is 11.2. The molecule has 0 fully saturated rings. The Morgan fingerprint density at radius 3 is 2.54 bits per heavy atom. The van der Waals surface area contributed by atoms with Crippen molar-refractivity contribution < 1.29 is 13.9 Å². The van der Waals surface area contributed by atoms with Crippen molar-refractivity contribution in [2.75, 3.05) is 0 Å². The number of rotatable bonds is 4. The van der Waals surface area contributed by atoms with E-state index in [4.69, 9.17) is 20.5 Å². The third-order valence-electron chi connectivity index (χ3n) is 3.60. The standard InChI is InChI=1S/C17H9ClN4O4/c18-11-6-7-14(22(23)24)12(8-11)16-19-20-17(25-16)13-9-15(26-21-13)10-4-2-1-3-5-10/h1-9H. The lowest BCUT2D eigenvalue weighted by molar-refractivity contribution is -0.384. The van der Waals surface area contributed by atoms with Gasteiger partial charge in [0, 0.05) is 22.7 Å². The molecule has 0 aliphatic heterocycles. The van der Waals surface area contributed by atoms with Gasteiger partial charge in [-0.1, -0.05) is 47.1 Å². The predicted molar refractivity (Wildman–Crippen MR) is 92.3 cm³/mol. The highest BCUT2D eigenvalue weighted by atomic mass is 35.5. The molecule has 4 rings (SSSR count). The zero-order chi connectivity index (χ0) is 18.1. The molecule has 0 atom stereocenters. The molecular weight excluding hydrogens is 360 g/mol. The molecule has 0 spiro atoms. The summed E-state index contributed by atoms with van der Waals surface area (Å²) in [5.41, 5.74) is 1.12. The third-order valence-corrected chi connectivity index (χ3v) is 3.83. The van der Waals surface area contributed by atoms with E-state index in [-0.39, 0.29) is 23.0 Å². The summed E-state index contributed by atoms with van der Waals surface area (Å²) in [6, 6.07) is 15.1. The van der Waals surface area contributed by atoms with Crippen LogP contribution in [0.25, 0.3) is 34.4 Å². The minimum atomic E-state index is -0.543. The zero-order valence-electron chi connectivity index (χ0n) is 13.0. The fourth-order valence-corrected chi connectivity index (χ4v) is 2.56. The van der Waals surface area contributed by atoms with Crippen molar-refractivity contribution >= 4 is 17.3 Å². The van der Waals surface area contributed by atoms with Gasteiger partial charge in [0.1, 0.15) is 5.56 Å². The molecular formula is C17H9ClN4O4. The van der Waals surface area contributed by atoms with Gasteiger partial charge in [-0.3, -0.25) is 10.1 Å². The molecule has 8 nitrogen and oxygen atoms in total. The molecule has 2 heterocycles. The SMILES string of the molecule is O=[N+]([O-])c1ccc(Cl)cc1-c1nnc(-c2cc(-c3ccccc3)on2)o1. The van der Waals surface area contributed by atoms with Gasteiger partial charge < -0.3 is 8.94 Å². The quantitative estimate of drug-likeness (QED) is 0.382. The lowest BCUT2D eigenvalue weighted by Crippen LogP contribution is -1.92. The Kier molecular flexibility index (Phi) is 3.94. The second kappa shape index (κ2) is 6.41. The van der Waals surface area contributed by atoms with Crippen molar-refractivity contribution in [3.8, 4) is 34.4 Å². The van der Waals surface area contributed by atoms with Crippen molar-refractivity contribution in [3.05, 3.63) is 69.7 Å². The summed E-state index contributed by atoms with van der Waals surface area (Å²) in [7, 11) is 0. The van der Waals surface area contributed by atoms with Gasteiger partial charge in [-0.05, 0) is 12.1 Å². The van der Waals surface area contributed by atoms with E-state index in [2.05, 4.69) is 15.4 Å². The lowest BCUT2D eigenvalue weighted by Gasteiger charge is -1.98. The molecule has 0 unspecified atom stereocenters. The van der Waals surface area contributed by atoms with E-state index in [1.165, 1.54) is 18.2 Å². The summed E-state index contributed by atoms with van der Waals surface area (Å²) in [5, 5.41) is 23.2. The molecule has 0 saturated carbocycles. The van der Waals surface area contributed by atoms with Crippen LogP contribution in [0.15, 0.2) is 63.5 Å². The average Bonchev–Trinajstić information content (AvgIpc) is 3.31. The number of benzene rings is 2. The number of nitro groups is 1. The van der Waals surface area contributed by atoms with E-state index < -0.39 is 4.92 Å². The van der Waals surface area contributed by atoms with Gasteiger partial charge in [0.15, 0.2) is 11.5 Å². The molecule has 0 aliphatic rings. The van der Waals surface area contributed by atoms with Gasteiger partial charge in [-0.15, -0.1) is 10.2 Å². The number of nitro benzene ring substituents is 1. The number of hydrogen-bond donors (Lipinski definition) is 0. The van der Waals surface area contributed by atoms with Crippen LogP contribution in [0.4, 0.5) is 5.69 Å². The van der Waals surface area contributed by atoms with Crippen LogP contribution in [0.2, 0.25) is 5.02 Å². The highest BCUT2D eigenvalue weighted by Crippen LogP contribution is 2.33. The first-order valence-electron chi connectivity index (χ1n) is 7.42. The first kappa shape index (κ1) is 16.0. The monoisotopic (exact) mass is 368 g/mol. The number of aromatic nitrogens is 3. The molecule has 0 saturated heterocycles. The van der Waals surface area contributed by atoms with E-state index in [0.29, 0.717) is 16.5 Å². The molecule has 2 aromatic heterocycles. The predicted octanol–water partition coefficient (Wildman–Crippen LogP) is 4.62. The van der Waals surface area contributed by atoms with E-state index in [0.717, 1.165) is 5.56 Å². The highest BCUT2D eigenvalue weighted by Gasteiger charge is 2.22. The van der Waals surface area contributed by atoms with Gasteiger partial charge in [0.2, 0.25) is 0 Å². The molecule has 9 heteroatoms. The Balaban J connectivity index is 1.71. The first-order chi connectivity index (χ1) is 12.6. The van der Waals surface area contributed by atoms with Gasteiger partial charge in [-0.25, -0.2) is 0 Å². The van der Waals surface area contributed by atoms with Gasteiger partial charge >= 0.3 is 0 Å². The molecule has 2 aromatic carbocycles. The van der Waals surface area contributed by atoms with E-state index >= 15 is 0 Å². The molecule has 0 aliphatic carbocycles. The summed E-state index contributed by atoms with van der Waals surface area (Å²) >= 11 is 5.93. The maximum Gasteiger partial charge on any atom is 0.282 e. The lowest BCUT2D eigenvalue weighted by atomic mass is 10.1. The van der Waals surface area contributed by atoms with Gasteiger partial charge in [0.25, 0.3) is 17.5 Å². The molecule has 0 radical (unpaired) electrons. The number of nitrogens with zero attached hydrogens (tertiary/aromatic N) is 4. The Bertz CT molecular complexity index is 1090. The Labute approximate surface area is 151 Å². The van der Waals surface area contributed by atoms with Crippen LogP contribution in [-0.2, 0) is 0 Å². The fourth-order valence-electron chi connectivity index (χ4n) is 2.39. The Morgan fingerprint density at radius 1 is 1.00 bits per heavy atom. The topological polar surface area (TPSA) is 108 Å². The van der Waals surface area contributed by atoms with E-state index in [9.17, 15) is 10.1 Å². The summed E-state index contributed by atoms with van der Waals surface area (Å²) in [6.07, 6.45) is 0. The maximum atomic E-state index is 11.2. The Morgan fingerprint density at radius 2 is 1.77 bits per heavy atom. The molecule has 0 N–H and O–H groups in total. The van der Waals surface area contributed by atoms with Crippen LogP contribution in [0.1, 0.15) is 0 Å². The number of hydrogen-bond acceptors (Lipinski definition) is 7. The fraction of sp³-hybridized carbons (Fsp3) is 0. The van der Waals surface area contributed by atoms with E-state index in [1.807, 2.05) is 30.3 Å². The van der Waals surface area contributed by atoms with Gasteiger partial charge in [-0.2, -0.15) is 0 Å². The van der Waals surface area contributed by atoms with Crippen LogP contribution in [0, 0.1) is 10.1 Å². The van der Waals surface area contributed by atoms with Crippen LogP contribution in [0.5, 0.6) is 0 Å². The van der Waals surface area contributed by atoms with E-state index in [1.54, 1.807) is 6.07 Å². The Hall–Kier alpha value is -3.52. The molecule has 0 bridgehead atoms. The second-order valence-electron chi connectivity index (χ2n) is 5.27. The summed E-state index contributed by atoms with van der Waals surface area (Å²) in [6.45, 7) is 0. The van der Waals surface area contributed by atoms with Crippen LogP contribution >= 0.6 is 11.6 Å². The largest absolute Gasteiger partial charge is 0.414 e. The first-order valence-corrected chi connectivity index (χ1v) is 7.80. The third kappa shape index (κ3) is 2.93. The van der Waals surface area contributed by atoms with Gasteiger partial charge in [0.05, 0.1) is 4.92 Å². The molecule has 26 heavy (non-hydrogen) atoms. The van der Waals surface area contributed by atoms with Crippen LogP contribution in [0.3, 0.4) is 0 Å². The molecule has 4 aromatic rings. The summed E-state index contributed by atoms with van der Waals surface area (Å²) in [4.78, 5) is 10.6. The van der Waals surface area contributed by atoms with Crippen LogP contribution < -0.4 is 0 Å². The molecule has 0 amide bonds. The van der Waals surface area contributed by atoms with Crippen molar-refractivity contribution in [2.45, 2.75) is 0 Å². The minimum absolute atomic E-state index is 0.0292. The van der Waals surface area contributed by atoms with Crippen molar-refractivity contribution in [1.29, 1.82) is 0 Å². The summed E-state index contributed by atoms with van der Waals surface area (Å²) in [5.74, 6) is 0.591. The zero-order valence-corrected chi connectivity index (χ0v) is 13.8. The molecule has 128 valence electrons. The second-order valence-corrected chi connectivity index (χ2v) is 5.71. The van der Waals surface area contributed by atoms with Crippen LogP contribution in [-0.4, -0.2) is 20.3 Å².